The van der Waals surface area contributed by atoms with Gasteiger partial charge in [0.25, 0.3) is 10.0 Å². The molecule has 5 rings (SSSR count). The number of anilines is 2. The van der Waals surface area contributed by atoms with Crippen LogP contribution in [0.2, 0.25) is 5.02 Å². The molecule has 3 heterocycles. The fourth-order valence-electron chi connectivity index (χ4n) is 4.92. The summed E-state index contributed by atoms with van der Waals surface area (Å²) in [6.07, 6.45) is 3.07. The number of carbonyl (C=O) groups is 1. The highest BCUT2D eigenvalue weighted by Crippen LogP contribution is 2.33. The number of carbonyl (C=O) groups excluding carboxylic acids is 1. The quantitative estimate of drug-likeness (QED) is 0.418. The van der Waals surface area contributed by atoms with E-state index in [2.05, 4.69) is 19.5 Å². The van der Waals surface area contributed by atoms with Gasteiger partial charge >= 0.3 is 0 Å². The predicted octanol–water partition coefficient (Wildman–Crippen LogP) is 4.39. The Hall–Kier alpha value is -3.02. The Labute approximate surface area is 233 Å². The zero-order valence-electron chi connectivity index (χ0n) is 22.0. The van der Waals surface area contributed by atoms with Crippen LogP contribution >= 0.6 is 11.6 Å². The molecule has 1 N–H and O–H groups in total. The van der Waals surface area contributed by atoms with Crippen LogP contribution in [-0.4, -0.2) is 68.4 Å². The lowest BCUT2D eigenvalue weighted by molar-refractivity contribution is -0.258. The van der Waals surface area contributed by atoms with Crippen LogP contribution in [0, 0.1) is 0 Å². The van der Waals surface area contributed by atoms with Gasteiger partial charge in [0.15, 0.2) is 5.78 Å². The highest BCUT2D eigenvalue weighted by atomic mass is 35.5. The SMILES string of the molecule is C[C@H]1OC(C)(N2CCN(c3ccc(S(=O)(=O)Nc4ccc(Cl)cc4C(=O)c4ccncc4)cc3)CC2)O[C@@H]1C. The van der Waals surface area contributed by atoms with Crippen molar-refractivity contribution < 1.29 is 22.7 Å². The average molecular weight is 571 g/mol. The highest BCUT2D eigenvalue weighted by molar-refractivity contribution is 7.92. The zero-order chi connectivity index (χ0) is 27.8. The maximum Gasteiger partial charge on any atom is 0.261 e. The van der Waals surface area contributed by atoms with E-state index >= 15 is 0 Å². The Bertz CT molecular complexity index is 1430. The monoisotopic (exact) mass is 570 g/mol. The van der Waals surface area contributed by atoms with Gasteiger partial charge in [-0.1, -0.05) is 11.6 Å². The van der Waals surface area contributed by atoms with Gasteiger partial charge in [0.2, 0.25) is 5.91 Å². The van der Waals surface area contributed by atoms with Crippen molar-refractivity contribution in [1.82, 2.24) is 9.88 Å². The molecule has 2 aromatic carbocycles. The van der Waals surface area contributed by atoms with Crippen molar-refractivity contribution in [2.45, 2.75) is 43.8 Å². The normalized spacial score (nSPS) is 21.6. The van der Waals surface area contributed by atoms with E-state index in [1.165, 1.54) is 30.6 Å². The topological polar surface area (TPSA) is 101 Å². The smallest absolute Gasteiger partial charge is 0.261 e. The van der Waals surface area contributed by atoms with Crippen molar-refractivity contribution in [2.75, 3.05) is 35.8 Å². The van der Waals surface area contributed by atoms with Crippen LogP contribution in [0.5, 0.6) is 0 Å². The summed E-state index contributed by atoms with van der Waals surface area (Å²) in [5, 5.41) is 0.323. The van der Waals surface area contributed by atoms with Gasteiger partial charge < -0.3 is 14.4 Å². The van der Waals surface area contributed by atoms with Gasteiger partial charge in [-0.2, -0.15) is 0 Å². The lowest BCUT2D eigenvalue weighted by Gasteiger charge is -2.43. The van der Waals surface area contributed by atoms with Crippen LogP contribution in [0.4, 0.5) is 11.4 Å². The van der Waals surface area contributed by atoms with Gasteiger partial charge in [-0.3, -0.25) is 14.5 Å². The lowest BCUT2D eigenvalue weighted by Crippen LogP contribution is -2.56. The number of pyridine rings is 1. The molecule has 1 aromatic heterocycles. The second-order valence-corrected chi connectivity index (χ2v) is 12.0. The molecule has 2 atom stereocenters. The van der Waals surface area contributed by atoms with Crippen molar-refractivity contribution in [2.24, 2.45) is 0 Å². The van der Waals surface area contributed by atoms with Crippen LogP contribution in [-0.2, 0) is 19.5 Å². The van der Waals surface area contributed by atoms with E-state index < -0.39 is 15.9 Å². The number of nitrogens with one attached hydrogen (secondary N) is 1. The third kappa shape index (κ3) is 5.80. The van der Waals surface area contributed by atoms with E-state index in [0.717, 1.165) is 31.9 Å². The summed E-state index contributed by atoms with van der Waals surface area (Å²) in [4.78, 5) is 21.5. The number of sulfonamides is 1. The standard InChI is InChI=1S/C28H31ClN4O5S/c1-19-20(2)38-28(3,37-19)33-16-14-32(15-17-33)23-5-7-24(8-6-23)39(35,36)31-26-9-4-22(29)18-25(26)27(34)21-10-12-30-13-11-21/h4-13,18-20,31H,14-17H2,1-3H3/t19-,20-/m1/s1. The Balaban J connectivity index is 1.28. The van der Waals surface area contributed by atoms with E-state index in [4.69, 9.17) is 21.1 Å². The Morgan fingerprint density at radius 1 is 0.974 bits per heavy atom. The first kappa shape index (κ1) is 27.5. The molecule has 3 aromatic rings. The summed E-state index contributed by atoms with van der Waals surface area (Å²) in [5.74, 6) is -1.09. The minimum atomic E-state index is -3.97. The second kappa shape index (κ2) is 10.9. The van der Waals surface area contributed by atoms with E-state index in [-0.39, 0.29) is 34.1 Å². The summed E-state index contributed by atoms with van der Waals surface area (Å²) < 4.78 is 41.2. The van der Waals surface area contributed by atoms with Crippen molar-refractivity contribution in [3.05, 3.63) is 83.1 Å². The molecule has 0 saturated carbocycles. The van der Waals surface area contributed by atoms with Gasteiger partial charge in [-0.05, 0) is 68.4 Å². The Morgan fingerprint density at radius 3 is 2.21 bits per heavy atom. The number of hydrogen-bond donors (Lipinski definition) is 1. The van der Waals surface area contributed by atoms with E-state index in [0.29, 0.717) is 10.6 Å². The van der Waals surface area contributed by atoms with Gasteiger partial charge in [0.05, 0.1) is 22.8 Å². The van der Waals surface area contributed by atoms with E-state index in [1.807, 2.05) is 20.8 Å². The summed E-state index contributed by atoms with van der Waals surface area (Å²) in [6.45, 7) is 9.00. The number of benzene rings is 2. The van der Waals surface area contributed by atoms with Crippen molar-refractivity contribution in [3.8, 4) is 0 Å². The molecule has 0 amide bonds. The van der Waals surface area contributed by atoms with Crippen LogP contribution in [0.25, 0.3) is 0 Å². The molecule has 0 spiro atoms. The molecule has 2 aliphatic rings. The number of aromatic nitrogens is 1. The molecule has 206 valence electrons. The summed E-state index contributed by atoms with van der Waals surface area (Å²) >= 11 is 6.13. The third-order valence-electron chi connectivity index (χ3n) is 7.25. The first-order valence-electron chi connectivity index (χ1n) is 12.8. The van der Waals surface area contributed by atoms with Gasteiger partial charge in [-0.25, -0.2) is 13.3 Å². The lowest BCUT2D eigenvalue weighted by atomic mass is 10.0. The van der Waals surface area contributed by atoms with Gasteiger partial charge in [-0.15, -0.1) is 0 Å². The van der Waals surface area contributed by atoms with Gasteiger partial charge in [0.1, 0.15) is 0 Å². The fraction of sp³-hybridized carbons (Fsp3) is 0.357. The van der Waals surface area contributed by atoms with Crippen LogP contribution < -0.4 is 9.62 Å². The number of nitrogens with zero attached hydrogens (tertiary/aromatic N) is 3. The predicted molar refractivity (Wildman–Crippen MR) is 150 cm³/mol. The molecule has 11 heteroatoms. The third-order valence-corrected chi connectivity index (χ3v) is 8.87. The van der Waals surface area contributed by atoms with E-state index in [9.17, 15) is 13.2 Å². The molecular formula is C28H31ClN4O5S. The largest absolute Gasteiger partial charge is 0.369 e. The van der Waals surface area contributed by atoms with Crippen molar-refractivity contribution in [3.63, 3.8) is 0 Å². The molecule has 0 bridgehead atoms. The molecule has 9 nitrogen and oxygen atoms in total. The number of hydrogen-bond acceptors (Lipinski definition) is 8. The minimum absolute atomic E-state index is 0.0360. The maximum atomic E-state index is 13.3. The maximum absolute atomic E-state index is 13.3. The summed E-state index contributed by atoms with van der Waals surface area (Å²) in [5.41, 5.74) is 1.60. The van der Waals surface area contributed by atoms with E-state index in [1.54, 1.807) is 36.4 Å². The van der Waals surface area contributed by atoms with Crippen LogP contribution in [0.3, 0.4) is 0 Å². The van der Waals surface area contributed by atoms with Crippen LogP contribution in [0.1, 0.15) is 36.7 Å². The molecule has 0 aliphatic carbocycles. The number of ether oxygens (including phenoxy) is 2. The van der Waals surface area contributed by atoms with Crippen LogP contribution in [0.15, 0.2) is 71.9 Å². The fourth-order valence-corrected chi connectivity index (χ4v) is 6.17. The average Bonchev–Trinajstić information content (AvgIpc) is 3.21. The molecule has 2 aliphatic heterocycles. The first-order valence-corrected chi connectivity index (χ1v) is 14.6. The summed E-state index contributed by atoms with van der Waals surface area (Å²) in [6, 6.07) is 14.3. The molecule has 39 heavy (non-hydrogen) atoms. The highest BCUT2D eigenvalue weighted by Gasteiger charge is 2.45. The number of halogens is 1. The van der Waals surface area contributed by atoms with Gasteiger partial charge in [0, 0.05) is 67.3 Å². The Morgan fingerprint density at radius 2 is 1.59 bits per heavy atom. The molecule has 2 saturated heterocycles. The summed E-state index contributed by atoms with van der Waals surface area (Å²) in [7, 11) is -3.97. The molecule has 0 radical (unpaired) electrons. The number of piperazine rings is 1. The molecule has 0 unspecified atom stereocenters. The first-order chi connectivity index (χ1) is 18.6. The molecular weight excluding hydrogens is 540 g/mol. The minimum Gasteiger partial charge on any atom is -0.369 e. The van der Waals surface area contributed by atoms with Crippen molar-refractivity contribution in [1.29, 1.82) is 0 Å². The molecule has 2 fully saturated rings. The number of ketones is 1. The zero-order valence-corrected chi connectivity index (χ0v) is 23.6. The second-order valence-electron chi connectivity index (χ2n) is 9.87. The number of rotatable bonds is 7. The Kier molecular flexibility index (Phi) is 7.67. The van der Waals surface area contributed by atoms with Crippen molar-refractivity contribution >= 4 is 38.8 Å².